The van der Waals surface area contributed by atoms with Crippen LogP contribution in [0.3, 0.4) is 0 Å². The van der Waals surface area contributed by atoms with E-state index in [1.165, 1.54) is 0 Å². The summed E-state index contributed by atoms with van der Waals surface area (Å²) in [6.45, 7) is 7.98. The van der Waals surface area contributed by atoms with Gasteiger partial charge in [0.05, 0.1) is 11.5 Å². The van der Waals surface area contributed by atoms with E-state index in [0.717, 1.165) is 45.0 Å². The molecule has 1 aromatic carbocycles. The summed E-state index contributed by atoms with van der Waals surface area (Å²) in [7, 11) is 0. The molecule has 3 amide bonds. The Morgan fingerprint density at radius 1 is 1.11 bits per heavy atom. The molecule has 2 aromatic heterocycles. The molecule has 0 bridgehead atoms. The molecule has 0 aliphatic carbocycles. The number of hydrogen-bond acceptors (Lipinski definition) is 6. The summed E-state index contributed by atoms with van der Waals surface area (Å²) >= 11 is 0.832. The maximum atomic E-state index is 12.9. The highest BCUT2D eigenvalue weighted by molar-refractivity contribution is 8.18. The Hall–Kier alpha value is -3.85. The van der Waals surface area contributed by atoms with Gasteiger partial charge in [0, 0.05) is 23.3 Å². The number of aromatic nitrogens is 2. The van der Waals surface area contributed by atoms with Crippen molar-refractivity contribution in [2.24, 2.45) is 0 Å². The van der Waals surface area contributed by atoms with Crippen molar-refractivity contribution < 1.29 is 19.1 Å². The molecule has 35 heavy (non-hydrogen) atoms. The van der Waals surface area contributed by atoms with Gasteiger partial charge >= 0.3 is 0 Å². The molecular weight excluding hydrogens is 464 g/mol. The fourth-order valence-electron chi connectivity index (χ4n) is 3.85. The number of aryl methyl sites for hydroxylation is 2. The minimum atomic E-state index is -0.486. The summed E-state index contributed by atoms with van der Waals surface area (Å²) in [5.74, 6) is 0.541. The average molecular weight is 491 g/mol. The Balaban J connectivity index is 1.48. The number of hydrogen-bond donors (Lipinski definition) is 1. The van der Waals surface area contributed by atoms with Crippen LogP contribution in [0.4, 0.5) is 10.5 Å². The number of imide groups is 1. The van der Waals surface area contributed by atoms with Gasteiger partial charge < -0.3 is 14.6 Å². The van der Waals surface area contributed by atoms with E-state index in [1.54, 1.807) is 36.5 Å². The molecule has 0 unspecified atom stereocenters. The fourth-order valence-corrected chi connectivity index (χ4v) is 4.68. The lowest BCUT2D eigenvalue weighted by Crippen LogP contribution is -2.36. The molecule has 0 saturated carbocycles. The Labute approximate surface area is 208 Å². The van der Waals surface area contributed by atoms with E-state index in [9.17, 15) is 14.4 Å². The molecule has 8 nitrogen and oxygen atoms in total. The number of anilines is 1. The fraction of sp³-hybridized carbons (Fsp3) is 0.231. The molecule has 3 aromatic rings. The number of benzene rings is 1. The quantitative estimate of drug-likeness (QED) is 0.475. The van der Waals surface area contributed by atoms with Crippen LogP contribution in [0.25, 0.3) is 11.9 Å². The lowest BCUT2D eigenvalue weighted by Gasteiger charge is -2.12. The number of ether oxygens (including phenoxy) is 1. The molecule has 180 valence electrons. The van der Waals surface area contributed by atoms with Crippen molar-refractivity contribution >= 4 is 40.6 Å². The number of pyridine rings is 1. The van der Waals surface area contributed by atoms with Crippen LogP contribution in [-0.2, 0) is 9.59 Å². The molecule has 9 heteroatoms. The number of amides is 3. The molecule has 1 aliphatic rings. The van der Waals surface area contributed by atoms with Gasteiger partial charge in [0.2, 0.25) is 5.91 Å². The van der Waals surface area contributed by atoms with Gasteiger partial charge in [0.15, 0.2) is 0 Å². The van der Waals surface area contributed by atoms with E-state index in [1.807, 2.05) is 50.5 Å². The van der Waals surface area contributed by atoms with E-state index in [4.69, 9.17) is 4.74 Å². The third-order valence-electron chi connectivity index (χ3n) is 5.51. The van der Waals surface area contributed by atoms with Gasteiger partial charge in [0.25, 0.3) is 11.1 Å². The summed E-state index contributed by atoms with van der Waals surface area (Å²) in [6, 6.07) is 12.8. The first kappa shape index (κ1) is 24.3. The predicted octanol–water partition coefficient (Wildman–Crippen LogP) is 4.87. The van der Waals surface area contributed by atoms with Crippen LogP contribution >= 0.6 is 11.8 Å². The molecule has 1 aliphatic heterocycles. The minimum absolute atomic E-state index is 0.279. The molecule has 0 atom stereocenters. The summed E-state index contributed by atoms with van der Waals surface area (Å²) < 4.78 is 7.39. The van der Waals surface area contributed by atoms with E-state index in [2.05, 4.69) is 10.3 Å². The van der Waals surface area contributed by atoms with Crippen molar-refractivity contribution in [3.8, 4) is 11.6 Å². The summed E-state index contributed by atoms with van der Waals surface area (Å²) in [5.41, 5.74) is 4.32. The smallest absolute Gasteiger partial charge is 0.294 e. The van der Waals surface area contributed by atoms with Crippen molar-refractivity contribution in [1.29, 1.82) is 0 Å². The first-order valence-corrected chi connectivity index (χ1v) is 12.0. The Morgan fingerprint density at radius 2 is 1.86 bits per heavy atom. The van der Waals surface area contributed by atoms with E-state index >= 15 is 0 Å². The number of thioether (sulfide) groups is 1. The Kier molecular flexibility index (Phi) is 7.07. The normalized spacial score (nSPS) is 14.6. The number of carbonyl (C=O) groups is 3. The van der Waals surface area contributed by atoms with Gasteiger partial charge in [-0.15, -0.1) is 0 Å². The van der Waals surface area contributed by atoms with Crippen molar-refractivity contribution in [2.75, 3.05) is 18.5 Å². The van der Waals surface area contributed by atoms with Crippen molar-refractivity contribution in [2.45, 2.75) is 27.7 Å². The monoisotopic (exact) mass is 490 g/mol. The topological polar surface area (TPSA) is 93.5 Å². The van der Waals surface area contributed by atoms with E-state index in [0.29, 0.717) is 18.0 Å². The van der Waals surface area contributed by atoms with Crippen molar-refractivity contribution in [1.82, 2.24) is 14.5 Å². The highest BCUT2D eigenvalue weighted by Crippen LogP contribution is 2.33. The van der Waals surface area contributed by atoms with Gasteiger partial charge in [-0.3, -0.25) is 19.3 Å². The third-order valence-corrected chi connectivity index (χ3v) is 6.42. The lowest BCUT2D eigenvalue weighted by atomic mass is 10.2. The summed E-state index contributed by atoms with van der Waals surface area (Å²) in [4.78, 5) is 43.7. The second kappa shape index (κ2) is 10.2. The molecule has 4 rings (SSSR count). The second-order valence-corrected chi connectivity index (χ2v) is 9.12. The number of rotatable bonds is 7. The largest absolute Gasteiger partial charge is 0.494 e. The molecule has 0 spiro atoms. The van der Waals surface area contributed by atoms with Crippen LogP contribution in [0.1, 0.15) is 29.4 Å². The van der Waals surface area contributed by atoms with Crippen LogP contribution in [0.15, 0.2) is 53.6 Å². The molecule has 3 heterocycles. The molecule has 1 N–H and O–H groups in total. The highest BCUT2D eigenvalue weighted by atomic mass is 32.2. The number of nitrogens with zero attached hydrogens (tertiary/aromatic N) is 3. The third kappa shape index (κ3) is 5.30. The number of nitrogens with one attached hydrogen (secondary N) is 1. The van der Waals surface area contributed by atoms with Gasteiger partial charge in [-0.1, -0.05) is 0 Å². The van der Waals surface area contributed by atoms with Gasteiger partial charge in [-0.2, -0.15) is 0 Å². The zero-order chi connectivity index (χ0) is 25.1. The molecule has 0 radical (unpaired) electrons. The highest BCUT2D eigenvalue weighted by Gasteiger charge is 2.36. The summed E-state index contributed by atoms with van der Waals surface area (Å²) in [6.07, 6.45) is 3.46. The maximum Gasteiger partial charge on any atom is 0.294 e. The maximum absolute atomic E-state index is 12.9. The average Bonchev–Trinajstić information content (AvgIpc) is 3.24. The number of carbonyl (C=O) groups excluding carboxylic acids is 3. The van der Waals surface area contributed by atoms with Gasteiger partial charge in [-0.05, 0) is 99.1 Å². The SMILES string of the molecule is CCOc1ccc(NC(=O)CN2C(=O)S/C(=C\c3cc(C)n(-c4cc(C)ccn4)c3C)C2=O)cc1. The molecule has 1 saturated heterocycles. The van der Waals surface area contributed by atoms with Crippen LogP contribution < -0.4 is 10.1 Å². The first-order chi connectivity index (χ1) is 16.8. The standard InChI is InChI=1S/C26H26N4O4S/c1-5-34-21-8-6-20(7-9-21)28-24(31)15-29-25(32)22(35-26(29)33)14-19-13-17(3)30(18(19)4)23-12-16(2)10-11-27-23/h6-14H,5,15H2,1-4H3,(H,28,31)/b22-14-. The molecular formula is C26H26N4O4S. The lowest BCUT2D eigenvalue weighted by molar-refractivity contribution is -0.127. The van der Waals surface area contributed by atoms with Crippen LogP contribution in [0.2, 0.25) is 0 Å². The van der Waals surface area contributed by atoms with E-state index < -0.39 is 17.1 Å². The first-order valence-electron chi connectivity index (χ1n) is 11.2. The summed E-state index contributed by atoms with van der Waals surface area (Å²) in [5, 5.41) is 2.23. The van der Waals surface area contributed by atoms with Gasteiger partial charge in [0.1, 0.15) is 18.1 Å². The van der Waals surface area contributed by atoms with Crippen LogP contribution in [0.5, 0.6) is 5.75 Å². The zero-order valence-corrected chi connectivity index (χ0v) is 20.8. The van der Waals surface area contributed by atoms with Crippen molar-refractivity contribution in [3.05, 3.63) is 76.1 Å². The second-order valence-electron chi connectivity index (χ2n) is 8.13. The zero-order valence-electron chi connectivity index (χ0n) is 20.0. The van der Waals surface area contributed by atoms with Crippen molar-refractivity contribution in [3.63, 3.8) is 0 Å². The Morgan fingerprint density at radius 3 is 2.54 bits per heavy atom. The van der Waals surface area contributed by atoms with Gasteiger partial charge in [-0.25, -0.2) is 4.98 Å². The van der Waals surface area contributed by atoms with E-state index in [-0.39, 0.29) is 11.4 Å². The predicted molar refractivity (Wildman–Crippen MR) is 137 cm³/mol. The molecule has 1 fully saturated rings. The minimum Gasteiger partial charge on any atom is -0.494 e. The van der Waals surface area contributed by atoms with Crippen LogP contribution in [0, 0.1) is 20.8 Å². The Bertz CT molecular complexity index is 1330. The van der Waals surface area contributed by atoms with Crippen LogP contribution in [-0.4, -0.2) is 44.7 Å².